The maximum Gasteiger partial charge on any atom is 0.175 e. The van der Waals surface area contributed by atoms with Gasteiger partial charge in [-0.15, -0.1) is 0 Å². The number of hydrogen-bond acceptors (Lipinski definition) is 4. The molecule has 1 aromatic heterocycles. The maximum atomic E-state index is 11.4. The summed E-state index contributed by atoms with van der Waals surface area (Å²) in [6.07, 6.45) is 2.86. The van der Waals surface area contributed by atoms with Gasteiger partial charge in [-0.2, -0.15) is 5.10 Å². The highest BCUT2D eigenvalue weighted by atomic mass is 79.9. The van der Waals surface area contributed by atoms with E-state index in [2.05, 4.69) is 21.0 Å². The van der Waals surface area contributed by atoms with Gasteiger partial charge in [0.25, 0.3) is 0 Å². The maximum absolute atomic E-state index is 11.4. The molecule has 19 heavy (non-hydrogen) atoms. The van der Waals surface area contributed by atoms with Crippen LogP contribution in [-0.4, -0.2) is 24.5 Å². The molecule has 5 nitrogen and oxygen atoms in total. The molecule has 0 atom stereocenters. The van der Waals surface area contributed by atoms with Crippen LogP contribution in [0.25, 0.3) is 0 Å². The van der Waals surface area contributed by atoms with Crippen LogP contribution in [0.1, 0.15) is 5.69 Å². The average molecular weight is 345 g/mol. The second-order valence-electron chi connectivity index (χ2n) is 4.10. The molecule has 0 aliphatic carbocycles. The topological polar surface area (TPSA) is 61.2 Å². The van der Waals surface area contributed by atoms with Gasteiger partial charge in [-0.05, 0) is 34.1 Å². The number of nitrogens with zero attached hydrogens (tertiary/aromatic N) is 2. The van der Waals surface area contributed by atoms with Crippen molar-refractivity contribution in [3.05, 3.63) is 40.6 Å². The highest BCUT2D eigenvalue weighted by Crippen LogP contribution is 2.21. The Labute approximate surface area is 120 Å². The summed E-state index contributed by atoms with van der Waals surface area (Å²) in [5.74, 6) is 0.510. The number of aromatic nitrogens is 2. The lowest BCUT2D eigenvalue weighted by molar-refractivity contribution is 0.293. The van der Waals surface area contributed by atoms with Gasteiger partial charge in [0.15, 0.2) is 9.84 Å². The zero-order valence-electron chi connectivity index (χ0n) is 10.5. The number of halogens is 1. The minimum Gasteiger partial charge on any atom is -0.487 e. The summed E-state index contributed by atoms with van der Waals surface area (Å²) < 4.78 is 31.0. The van der Waals surface area contributed by atoms with Crippen molar-refractivity contribution < 1.29 is 13.2 Å². The number of rotatable bonds is 4. The standard InChI is InChI=1S/C12H13BrN2O3S/c1-15-12(11(13)7-14-15)8-18-9-4-3-5-10(6-9)19(2,16)17/h3-7H,8H2,1-2H3. The van der Waals surface area contributed by atoms with Crippen LogP contribution in [0.5, 0.6) is 5.75 Å². The van der Waals surface area contributed by atoms with E-state index in [9.17, 15) is 8.42 Å². The second kappa shape index (κ2) is 5.34. The van der Waals surface area contributed by atoms with Crippen molar-refractivity contribution in [1.82, 2.24) is 9.78 Å². The van der Waals surface area contributed by atoms with Crippen molar-refractivity contribution in [2.45, 2.75) is 11.5 Å². The molecular formula is C12H13BrN2O3S. The van der Waals surface area contributed by atoms with Crippen molar-refractivity contribution in [3.63, 3.8) is 0 Å². The van der Waals surface area contributed by atoms with E-state index in [1.807, 2.05) is 7.05 Å². The summed E-state index contributed by atoms with van der Waals surface area (Å²) in [6, 6.07) is 6.44. The summed E-state index contributed by atoms with van der Waals surface area (Å²) >= 11 is 3.38. The van der Waals surface area contributed by atoms with Crippen molar-refractivity contribution in [1.29, 1.82) is 0 Å². The van der Waals surface area contributed by atoms with E-state index in [4.69, 9.17) is 4.74 Å². The molecule has 0 radical (unpaired) electrons. The van der Waals surface area contributed by atoms with Gasteiger partial charge in [0.1, 0.15) is 12.4 Å². The molecule has 0 spiro atoms. The zero-order chi connectivity index (χ0) is 14.0. The van der Waals surface area contributed by atoms with E-state index in [1.54, 1.807) is 29.1 Å². The molecule has 7 heteroatoms. The summed E-state index contributed by atoms with van der Waals surface area (Å²) in [6.45, 7) is 0.310. The third-order valence-corrected chi connectivity index (χ3v) is 4.39. The highest BCUT2D eigenvalue weighted by Gasteiger charge is 2.10. The van der Waals surface area contributed by atoms with Crippen molar-refractivity contribution in [3.8, 4) is 5.75 Å². The second-order valence-corrected chi connectivity index (χ2v) is 6.97. The number of sulfone groups is 1. The van der Waals surface area contributed by atoms with Crippen LogP contribution in [-0.2, 0) is 23.5 Å². The van der Waals surface area contributed by atoms with Gasteiger partial charge >= 0.3 is 0 Å². The lowest BCUT2D eigenvalue weighted by Gasteiger charge is -2.08. The molecule has 2 aromatic rings. The first-order valence-corrected chi connectivity index (χ1v) is 8.15. The van der Waals surface area contributed by atoms with Gasteiger partial charge in [0.05, 0.1) is 21.3 Å². The van der Waals surface area contributed by atoms with E-state index >= 15 is 0 Å². The van der Waals surface area contributed by atoms with E-state index in [-0.39, 0.29) is 4.90 Å². The molecule has 0 aliphatic heterocycles. The largest absolute Gasteiger partial charge is 0.487 e. The molecule has 1 aromatic carbocycles. The summed E-state index contributed by atoms with van der Waals surface area (Å²) in [7, 11) is -1.40. The summed E-state index contributed by atoms with van der Waals surface area (Å²) in [5.41, 5.74) is 0.879. The number of hydrogen-bond donors (Lipinski definition) is 0. The van der Waals surface area contributed by atoms with E-state index in [0.717, 1.165) is 10.2 Å². The summed E-state index contributed by atoms with van der Waals surface area (Å²) in [4.78, 5) is 0.245. The molecule has 1 heterocycles. The summed E-state index contributed by atoms with van der Waals surface area (Å²) in [5, 5.41) is 4.08. The van der Waals surface area contributed by atoms with Crippen molar-refractivity contribution in [2.75, 3.05) is 6.26 Å². The Morgan fingerprint density at radius 1 is 1.42 bits per heavy atom. The van der Waals surface area contributed by atoms with Crippen LogP contribution in [0.4, 0.5) is 0 Å². The Kier molecular flexibility index (Phi) is 3.96. The van der Waals surface area contributed by atoms with Crippen LogP contribution < -0.4 is 4.74 Å². The third kappa shape index (κ3) is 3.36. The fourth-order valence-corrected chi connectivity index (χ4v) is 2.66. The zero-order valence-corrected chi connectivity index (χ0v) is 12.9. The SMILES string of the molecule is Cn1ncc(Br)c1COc1cccc(S(C)(=O)=O)c1. The fraction of sp³-hybridized carbons (Fsp3) is 0.250. The average Bonchev–Trinajstić information content (AvgIpc) is 2.66. The van der Waals surface area contributed by atoms with Gasteiger partial charge in [0.2, 0.25) is 0 Å². The molecule has 0 amide bonds. The van der Waals surface area contributed by atoms with E-state index in [1.165, 1.54) is 12.3 Å². The molecule has 0 saturated heterocycles. The van der Waals surface area contributed by atoms with Gasteiger partial charge in [-0.25, -0.2) is 8.42 Å². The fourth-order valence-electron chi connectivity index (χ4n) is 1.54. The lowest BCUT2D eigenvalue weighted by atomic mass is 10.3. The minimum atomic E-state index is -3.22. The molecule has 102 valence electrons. The van der Waals surface area contributed by atoms with Crippen LogP contribution in [0.15, 0.2) is 39.8 Å². The van der Waals surface area contributed by atoms with Gasteiger partial charge < -0.3 is 4.74 Å². The van der Waals surface area contributed by atoms with Gasteiger partial charge in [-0.3, -0.25) is 4.68 Å². The molecule has 0 aliphatic rings. The predicted octanol–water partition coefficient (Wildman–Crippen LogP) is 2.17. The van der Waals surface area contributed by atoms with E-state index < -0.39 is 9.84 Å². The quantitative estimate of drug-likeness (QED) is 0.852. The highest BCUT2D eigenvalue weighted by molar-refractivity contribution is 9.10. The first-order valence-electron chi connectivity index (χ1n) is 5.47. The Hall–Kier alpha value is -1.34. The molecule has 0 saturated carbocycles. The first-order chi connectivity index (χ1) is 8.88. The van der Waals surface area contributed by atoms with Crippen LogP contribution in [0, 0.1) is 0 Å². The van der Waals surface area contributed by atoms with Crippen LogP contribution in [0.2, 0.25) is 0 Å². The molecule has 0 bridgehead atoms. The number of aryl methyl sites for hydroxylation is 1. The van der Waals surface area contributed by atoms with Crippen LogP contribution >= 0.6 is 15.9 Å². The molecular weight excluding hydrogens is 332 g/mol. The van der Waals surface area contributed by atoms with Crippen LogP contribution in [0.3, 0.4) is 0 Å². The van der Waals surface area contributed by atoms with E-state index in [0.29, 0.717) is 12.4 Å². The van der Waals surface area contributed by atoms with Crippen molar-refractivity contribution >= 4 is 25.8 Å². The monoisotopic (exact) mass is 344 g/mol. The minimum absolute atomic E-state index is 0.245. The van der Waals surface area contributed by atoms with Gasteiger partial charge in [0, 0.05) is 13.3 Å². The Morgan fingerprint density at radius 2 is 2.16 bits per heavy atom. The normalized spacial score (nSPS) is 11.5. The predicted molar refractivity (Wildman–Crippen MR) is 74.8 cm³/mol. The molecule has 0 unspecified atom stereocenters. The molecule has 2 rings (SSSR count). The number of benzene rings is 1. The number of ether oxygens (including phenoxy) is 1. The molecule has 0 N–H and O–H groups in total. The first kappa shape index (κ1) is 14.1. The lowest BCUT2D eigenvalue weighted by Crippen LogP contribution is -2.04. The smallest absolute Gasteiger partial charge is 0.175 e. The Balaban J connectivity index is 2.17. The van der Waals surface area contributed by atoms with Crippen molar-refractivity contribution in [2.24, 2.45) is 7.05 Å². The van der Waals surface area contributed by atoms with Gasteiger partial charge in [-0.1, -0.05) is 6.07 Å². The molecule has 0 fully saturated rings. The Morgan fingerprint density at radius 3 is 2.74 bits per heavy atom. The third-order valence-electron chi connectivity index (χ3n) is 2.62. The Bertz CT molecular complexity index is 675.